The van der Waals surface area contributed by atoms with Crippen LogP contribution >= 0.6 is 0 Å². The van der Waals surface area contributed by atoms with Crippen LogP contribution in [0, 0.1) is 0 Å². The van der Waals surface area contributed by atoms with Gasteiger partial charge in [0, 0.05) is 24.1 Å². The zero-order chi connectivity index (χ0) is 20.3. The van der Waals surface area contributed by atoms with Crippen molar-refractivity contribution in [3.05, 3.63) is 41.5 Å². The third-order valence-electron chi connectivity index (χ3n) is 4.63. The zero-order valence-electron chi connectivity index (χ0n) is 17.0. The first-order valence-electron chi connectivity index (χ1n) is 9.46. The van der Waals surface area contributed by atoms with E-state index in [1.54, 1.807) is 20.3 Å². The molecule has 0 bridgehead atoms. The lowest BCUT2D eigenvalue weighted by Crippen LogP contribution is -2.23. The summed E-state index contributed by atoms with van der Waals surface area (Å²) in [6.07, 6.45) is 0.390. The number of fused-ring (bicyclic) bond motifs is 1. The molecule has 0 aromatic heterocycles. The minimum Gasteiger partial charge on any atom is -0.493 e. The summed E-state index contributed by atoms with van der Waals surface area (Å²) >= 11 is 0. The molecular formula is C22H27NO5. The molecule has 0 fully saturated rings. The fourth-order valence-electron chi connectivity index (χ4n) is 3.45. The van der Waals surface area contributed by atoms with Gasteiger partial charge >= 0.3 is 0 Å². The highest BCUT2D eigenvalue weighted by Crippen LogP contribution is 2.44. The van der Waals surface area contributed by atoms with Crippen LogP contribution in [0.2, 0.25) is 0 Å². The number of rotatable bonds is 7. The van der Waals surface area contributed by atoms with E-state index in [1.165, 1.54) is 0 Å². The molecule has 2 aromatic carbocycles. The van der Waals surface area contributed by atoms with Gasteiger partial charge in [0.15, 0.2) is 23.0 Å². The van der Waals surface area contributed by atoms with Gasteiger partial charge < -0.3 is 24.3 Å². The highest BCUT2D eigenvalue weighted by Gasteiger charge is 2.29. The SMILES string of the molecule is CCOc1cc([C@@H]2CC(=O)Nc3cc(OC)c(OC)cc32)ccc1OC(C)C. The Morgan fingerprint density at radius 1 is 1.04 bits per heavy atom. The molecule has 1 aliphatic heterocycles. The number of anilines is 1. The Labute approximate surface area is 165 Å². The fraction of sp³-hybridized carbons (Fsp3) is 0.409. The molecule has 1 heterocycles. The van der Waals surface area contributed by atoms with Crippen LogP contribution in [0.4, 0.5) is 5.69 Å². The molecule has 1 amide bonds. The maximum Gasteiger partial charge on any atom is 0.225 e. The third kappa shape index (κ3) is 4.01. The van der Waals surface area contributed by atoms with Crippen molar-refractivity contribution < 1.29 is 23.7 Å². The van der Waals surface area contributed by atoms with E-state index in [0.29, 0.717) is 36.0 Å². The van der Waals surface area contributed by atoms with Crippen LogP contribution in [0.15, 0.2) is 30.3 Å². The van der Waals surface area contributed by atoms with Gasteiger partial charge in [-0.3, -0.25) is 4.79 Å². The second-order valence-corrected chi connectivity index (χ2v) is 6.91. The van der Waals surface area contributed by atoms with Crippen molar-refractivity contribution in [1.29, 1.82) is 0 Å². The largest absolute Gasteiger partial charge is 0.493 e. The first kappa shape index (κ1) is 19.9. The van der Waals surface area contributed by atoms with Gasteiger partial charge in [-0.2, -0.15) is 0 Å². The van der Waals surface area contributed by atoms with Crippen LogP contribution in [-0.4, -0.2) is 32.8 Å². The van der Waals surface area contributed by atoms with Gasteiger partial charge in [-0.1, -0.05) is 6.07 Å². The molecule has 1 aliphatic rings. The van der Waals surface area contributed by atoms with Gasteiger partial charge in [-0.25, -0.2) is 0 Å². The molecule has 1 atom stereocenters. The molecule has 0 saturated carbocycles. The number of hydrogen-bond acceptors (Lipinski definition) is 5. The predicted octanol–water partition coefficient (Wildman–Crippen LogP) is 4.36. The van der Waals surface area contributed by atoms with Crippen molar-refractivity contribution in [2.45, 2.75) is 39.2 Å². The Bertz CT molecular complexity index is 862. The van der Waals surface area contributed by atoms with Crippen molar-refractivity contribution >= 4 is 11.6 Å². The topological polar surface area (TPSA) is 66.0 Å². The Morgan fingerprint density at radius 3 is 2.39 bits per heavy atom. The molecule has 28 heavy (non-hydrogen) atoms. The van der Waals surface area contributed by atoms with E-state index in [4.69, 9.17) is 18.9 Å². The zero-order valence-corrected chi connectivity index (χ0v) is 17.0. The lowest BCUT2D eigenvalue weighted by molar-refractivity contribution is -0.116. The molecule has 150 valence electrons. The number of carbonyl (C=O) groups is 1. The van der Waals surface area contributed by atoms with E-state index < -0.39 is 0 Å². The average molecular weight is 385 g/mol. The Morgan fingerprint density at radius 2 is 1.75 bits per heavy atom. The van der Waals surface area contributed by atoms with Crippen LogP contribution in [0.1, 0.15) is 44.2 Å². The number of hydrogen-bond donors (Lipinski definition) is 1. The minimum atomic E-state index is -0.115. The second-order valence-electron chi connectivity index (χ2n) is 6.91. The number of carbonyl (C=O) groups excluding carboxylic acids is 1. The van der Waals surface area contributed by atoms with Gasteiger partial charge in [0.05, 0.1) is 26.9 Å². The smallest absolute Gasteiger partial charge is 0.225 e. The molecule has 0 saturated heterocycles. The quantitative estimate of drug-likeness (QED) is 0.767. The number of ether oxygens (including phenoxy) is 4. The van der Waals surface area contributed by atoms with Gasteiger partial charge in [-0.15, -0.1) is 0 Å². The lowest BCUT2D eigenvalue weighted by atomic mass is 9.84. The average Bonchev–Trinajstić information content (AvgIpc) is 2.67. The summed E-state index contributed by atoms with van der Waals surface area (Å²) in [5.74, 6) is 2.45. The normalized spacial score (nSPS) is 15.6. The Balaban J connectivity index is 2.06. The fourth-order valence-corrected chi connectivity index (χ4v) is 3.45. The van der Waals surface area contributed by atoms with E-state index in [2.05, 4.69) is 5.32 Å². The van der Waals surface area contributed by atoms with Crippen molar-refractivity contribution in [2.75, 3.05) is 26.1 Å². The van der Waals surface area contributed by atoms with Gasteiger partial charge in [0.25, 0.3) is 0 Å². The highest BCUT2D eigenvalue weighted by molar-refractivity contribution is 5.96. The van der Waals surface area contributed by atoms with E-state index in [1.807, 2.05) is 45.0 Å². The number of benzene rings is 2. The summed E-state index contributed by atoms with van der Waals surface area (Å²) < 4.78 is 22.5. The van der Waals surface area contributed by atoms with Gasteiger partial charge in [-0.05, 0) is 50.1 Å². The van der Waals surface area contributed by atoms with E-state index in [0.717, 1.165) is 16.8 Å². The van der Waals surface area contributed by atoms with Crippen molar-refractivity contribution in [1.82, 2.24) is 0 Å². The first-order valence-corrected chi connectivity index (χ1v) is 9.46. The third-order valence-corrected chi connectivity index (χ3v) is 4.63. The Hall–Kier alpha value is -2.89. The summed E-state index contributed by atoms with van der Waals surface area (Å²) in [6.45, 7) is 6.42. The van der Waals surface area contributed by atoms with Crippen molar-refractivity contribution in [3.8, 4) is 23.0 Å². The first-order chi connectivity index (χ1) is 13.5. The Kier molecular flexibility index (Phi) is 5.97. The molecule has 0 unspecified atom stereocenters. The molecule has 6 nitrogen and oxygen atoms in total. The van der Waals surface area contributed by atoms with Crippen LogP contribution in [0.3, 0.4) is 0 Å². The number of methoxy groups -OCH3 is 2. The maximum absolute atomic E-state index is 12.3. The van der Waals surface area contributed by atoms with Crippen LogP contribution < -0.4 is 24.3 Å². The van der Waals surface area contributed by atoms with E-state index in [9.17, 15) is 4.79 Å². The maximum atomic E-state index is 12.3. The monoisotopic (exact) mass is 385 g/mol. The highest BCUT2D eigenvalue weighted by atomic mass is 16.5. The molecule has 0 spiro atoms. The minimum absolute atomic E-state index is 0.0369. The predicted molar refractivity (Wildman–Crippen MR) is 108 cm³/mol. The van der Waals surface area contributed by atoms with E-state index >= 15 is 0 Å². The summed E-state index contributed by atoms with van der Waals surface area (Å²) in [5.41, 5.74) is 2.71. The number of nitrogens with one attached hydrogen (secondary N) is 1. The van der Waals surface area contributed by atoms with Gasteiger partial charge in [0.1, 0.15) is 0 Å². The van der Waals surface area contributed by atoms with Crippen molar-refractivity contribution in [2.24, 2.45) is 0 Å². The number of amides is 1. The molecule has 6 heteroatoms. The van der Waals surface area contributed by atoms with Gasteiger partial charge in [0.2, 0.25) is 5.91 Å². The summed E-state index contributed by atoms with van der Waals surface area (Å²) in [6, 6.07) is 9.59. The van der Waals surface area contributed by atoms with Crippen LogP contribution in [0.5, 0.6) is 23.0 Å². The summed E-state index contributed by atoms with van der Waals surface area (Å²) in [5, 5.41) is 2.93. The van der Waals surface area contributed by atoms with E-state index in [-0.39, 0.29) is 17.9 Å². The van der Waals surface area contributed by atoms with Crippen molar-refractivity contribution in [3.63, 3.8) is 0 Å². The molecule has 1 N–H and O–H groups in total. The molecule has 0 radical (unpaired) electrons. The second kappa shape index (κ2) is 8.42. The molecular weight excluding hydrogens is 358 g/mol. The van der Waals surface area contributed by atoms with Crippen LogP contribution in [-0.2, 0) is 4.79 Å². The standard InChI is InChI=1S/C22H27NO5/c1-6-27-21-9-14(7-8-18(21)28-13(2)3)15-11-22(24)23-17-12-20(26-5)19(25-4)10-16(15)17/h7-10,12-13,15H,6,11H2,1-5H3,(H,23,24)/t15-/m0/s1. The summed E-state index contributed by atoms with van der Waals surface area (Å²) in [7, 11) is 3.18. The summed E-state index contributed by atoms with van der Waals surface area (Å²) in [4.78, 5) is 12.3. The lowest BCUT2D eigenvalue weighted by Gasteiger charge is -2.28. The molecule has 2 aromatic rings. The van der Waals surface area contributed by atoms with Crippen LogP contribution in [0.25, 0.3) is 0 Å². The molecule has 3 rings (SSSR count). The molecule has 0 aliphatic carbocycles.